The molecule has 0 amide bonds. The third-order valence-electron chi connectivity index (χ3n) is 5.50. The standard InChI is InChI=1S/C32H64O13/c1-5-6-7-8-9-34-10-11-35-12-13-36-14-15-37-16-17-38-18-19-39-20-21-40-22-23-41-24-25-42-26-27-43-28-29-44-30-31(33)45-32(2,3)4/h5-30H2,1-4H3. The van der Waals surface area contributed by atoms with Crippen LogP contribution >= 0.6 is 0 Å². The lowest BCUT2D eigenvalue weighted by molar-refractivity contribution is -0.160. The Labute approximate surface area is 272 Å². The summed E-state index contributed by atoms with van der Waals surface area (Å²) < 4.78 is 65.0. The molecule has 0 aliphatic carbocycles. The van der Waals surface area contributed by atoms with Gasteiger partial charge in [0.25, 0.3) is 0 Å². The molecule has 0 unspecified atom stereocenters. The SMILES string of the molecule is CCCCCCOCCOCCOCCOCCOCCOCCOCCOCCOCCOCCOCC(=O)OC(C)(C)C. The van der Waals surface area contributed by atoms with Crippen molar-refractivity contribution in [3.8, 4) is 0 Å². The van der Waals surface area contributed by atoms with Gasteiger partial charge >= 0.3 is 5.97 Å². The maximum Gasteiger partial charge on any atom is 0.332 e. The molecule has 0 bridgehead atoms. The van der Waals surface area contributed by atoms with Gasteiger partial charge in [-0.25, -0.2) is 4.79 Å². The summed E-state index contributed by atoms with van der Waals surface area (Å²) in [5.74, 6) is -0.384. The van der Waals surface area contributed by atoms with E-state index >= 15 is 0 Å². The van der Waals surface area contributed by atoms with Gasteiger partial charge in [0.05, 0.1) is 132 Å². The van der Waals surface area contributed by atoms with E-state index in [1.165, 1.54) is 19.3 Å². The first kappa shape index (κ1) is 44.0. The third kappa shape index (κ3) is 41.0. The van der Waals surface area contributed by atoms with Crippen LogP contribution in [0.2, 0.25) is 0 Å². The van der Waals surface area contributed by atoms with E-state index in [9.17, 15) is 4.79 Å². The molecule has 0 saturated carbocycles. The molecule has 0 radical (unpaired) electrons. The van der Waals surface area contributed by atoms with Crippen LogP contribution < -0.4 is 0 Å². The first-order valence-electron chi connectivity index (χ1n) is 16.5. The molecule has 0 aliphatic rings. The van der Waals surface area contributed by atoms with Crippen LogP contribution in [-0.4, -0.2) is 157 Å². The molecular formula is C32H64O13. The van der Waals surface area contributed by atoms with Crippen molar-refractivity contribution in [3.05, 3.63) is 0 Å². The van der Waals surface area contributed by atoms with E-state index in [-0.39, 0.29) is 12.6 Å². The number of ether oxygens (including phenoxy) is 12. The van der Waals surface area contributed by atoms with Crippen LogP contribution in [0.4, 0.5) is 0 Å². The van der Waals surface area contributed by atoms with Crippen molar-refractivity contribution < 1.29 is 61.6 Å². The van der Waals surface area contributed by atoms with Crippen molar-refractivity contribution in [1.82, 2.24) is 0 Å². The number of hydrogen-bond acceptors (Lipinski definition) is 13. The molecule has 0 saturated heterocycles. The number of carbonyl (C=O) groups excluding carboxylic acids is 1. The van der Waals surface area contributed by atoms with Crippen LogP contribution in [0.5, 0.6) is 0 Å². The highest BCUT2D eigenvalue weighted by Gasteiger charge is 2.15. The van der Waals surface area contributed by atoms with Crippen molar-refractivity contribution in [2.45, 2.75) is 59.0 Å². The highest BCUT2D eigenvalue weighted by Crippen LogP contribution is 2.06. The molecule has 0 rings (SSSR count). The quantitative estimate of drug-likeness (QED) is 0.0719. The number of unbranched alkanes of at least 4 members (excludes halogenated alkanes) is 3. The second-order valence-corrected chi connectivity index (χ2v) is 10.8. The molecule has 0 aliphatic heterocycles. The van der Waals surface area contributed by atoms with Crippen LogP contribution in [0, 0.1) is 0 Å². The average molecular weight is 657 g/mol. The number of hydrogen-bond donors (Lipinski definition) is 0. The highest BCUT2D eigenvalue weighted by atomic mass is 16.6. The Bertz CT molecular complexity index is 590. The van der Waals surface area contributed by atoms with Gasteiger partial charge in [-0.3, -0.25) is 0 Å². The first-order chi connectivity index (χ1) is 22.0. The molecule has 270 valence electrons. The fraction of sp³-hybridized carbons (Fsp3) is 0.969. The van der Waals surface area contributed by atoms with Gasteiger partial charge in [0.2, 0.25) is 0 Å². The summed E-state index contributed by atoms with van der Waals surface area (Å²) in [4.78, 5) is 11.5. The van der Waals surface area contributed by atoms with Gasteiger partial charge < -0.3 is 56.8 Å². The summed E-state index contributed by atoms with van der Waals surface area (Å²) in [6, 6.07) is 0. The molecule has 13 nitrogen and oxygen atoms in total. The smallest absolute Gasteiger partial charge is 0.332 e. The van der Waals surface area contributed by atoms with Gasteiger partial charge in [-0.15, -0.1) is 0 Å². The molecule has 0 N–H and O–H groups in total. The van der Waals surface area contributed by atoms with Crippen LogP contribution in [-0.2, 0) is 61.6 Å². The highest BCUT2D eigenvalue weighted by molar-refractivity contribution is 5.71. The van der Waals surface area contributed by atoms with Gasteiger partial charge in [-0.05, 0) is 27.2 Å². The Balaban J connectivity index is 3.09. The molecule has 45 heavy (non-hydrogen) atoms. The van der Waals surface area contributed by atoms with Gasteiger partial charge in [-0.1, -0.05) is 26.2 Å². The zero-order valence-corrected chi connectivity index (χ0v) is 28.7. The summed E-state index contributed by atoms with van der Waals surface area (Å²) >= 11 is 0. The minimum Gasteiger partial charge on any atom is -0.458 e. The lowest BCUT2D eigenvalue weighted by Crippen LogP contribution is -2.27. The number of carbonyl (C=O) groups is 1. The lowest BCUT2D eigenvalue weighted by atomic mass is 10.2. The Hall–Kier alpha value is -0.970. The topological polar surface area (TPSA) is 128 Å². The second kappa shape index (κ2) is 35.9. The van der Waals surface area contributed by atoms with Crippen molar-refractivity contribution in [2.75, 3.05) is 145 Å². The maximum absolute atomic E-state index is 11.5. The minimum atomic E-state index is -0.509. The predicted octanol–water partition coefficient (Wildman–Crippen LogP) is 3.09. The van der Waals surface area contributed by atoms with E-state index in [1.54, 1.807) is 0 Å². The van der Waals surface area contributed by atoms with Gasteiger partial charge in [-0.2, -0.15) is 0 Å². The van der Waals surface area contributed by atoms with Crippen molar-refractivity contribution in [2.24, 2.45) is 0 Å². The Kier molecular flexibility index (Phi) is 35.1. The largest absolute Gasteiger partial charge is 0.458 e. The van der Waals surface area contributed by atoms with Crippen LogP contribution in [0.25, 0.3) is 0 Å². The summed E-state index contributed by atoms with van der Waals surface area (Å²) in [5, 5.41) is 0. The lowest BCUT2D eigenvalue weighted by Gasteiger charge is -2.19. The zero-order valence-electron chi connectivity index (χ0n) is 28.7. The zero-order chi connectivity index (χ0) is 32.9. The van der Waals surface area contributed by atoms with E-state index in [0.717, 1.165) is 13.0 Å². The van der Waals surface area contributed by atoms with Gasteiger partial charge in [0.15, 0.2) is 0 Å². The minimum absolute atomic E-state index is 0.0807. The molecule has 0 spiro atoms. The molecule has 0 heterocycles. The van der Waals surface area contributed by atoms with E-state index in [0.29, 0.717) is 132 Å². The normalized spacial score (nSPS) is 11.8. The molecule has 0 aromatic carbocycles. The molecule has 13 heteroatoms. The summed E-state index contributed by atoms with van der Waals surface area (Å²) in [7, 11) is 0. The first-order valence-corrected chi connectivity index (χ1v) is 16.5. The fourth-order valence-electron chi connectivity index (χ4n) is 3.36. The van der Waals surface area contributed by atoms with Gasteiger partial charge in [0, 0.05) is 6.61 Å². The Morgan fingerprint density at radius 3 is 0.911 bits per heavy atom. The number of rotatable bonds is 37. The average Bonchev–Trinajstić information content (AvgIpc) is 3.00. The molecule has 0 atom stereocenters. The molecular weight excluding hydrogens is 592 g/mol. The number of esters is 1. The molecule has 0 aromatic heterocycles. The van der Waals surface area contributed by atoms with Crippen LogP contribution in [0.15, 0.2) is 0 Å². The second-order valence-electron chi connectivity index (χ2n) is 10.8. The van der Waals surface area contributed by atoms with Crippen molar-refractivity contribution in [1.29, 1.82) is 0 Å². The van der Waals surface area contributed by atoms with Crippen LogP contribution in [0.3, 0.4) is 0 Å². The summed E-state index contributed by atoms with van der Waals surface area (Å²) in [6.07, 6.45) is 4.88. The summed E-state index contributed by atoms with van der Waals surface area (Å²) in [6.45, 7) is 18.4. The predicted molar refractivity (Wildman–Crippen MR) is 169 cm³/mol. The fourth-order valence-corrected chi connectivity index (χ4v) is 3.36. The van der Waals surface area contributed by atoms with E-state index in [4.69, 9.17) is 56.8 Å². The van der Waals surface area contributed by atoms with Gasteiger partial charge in [0.1, 0.15) is 12.2 Å². The molecule has 0 aromatic rings. The summed E-state index contributed by atoms with van der Waals surface area (Å²) in [5.41, 5.74) is -0.509. The van der Waals surface area contributed by atoms with E-state index in [2.05, 4.69) is 6.92 Å². The van der Waals surface area contributed by atoms with Crippen molar-refractivity contribution >= 4 is 5.97 Å². The van der Waals surface area contributed by atoms with E-state index in [1.807, 2.05) is 20.8 Å². The van der Waals surface area contributed by atoms with E-state index < -0.39 is 5.60 Å². The maximum atomic E-state index is 11.5. The third-order valence-corrected chi connectivity index (χ3v) is 5.50. The van der Waals surface area contributed by atoms with Crippen molar-refractivity contribution in [3.63, 3.8) is 0 Å². The monoisotopic (exact) mass is 656 g/mol. The Morgan fingerprint density at radius 1 is 0.378 bits per heavy atom. The van der Waals surface area contributed by atoms with Crippen LogP contribution in [0.1, 0.15) is 53.4 Å². The molecule has 0 fully saturated rings. The Morgan fingerprint density at radius 2 is 0.644 bits per heavy atom.